The van der Waals surface area contributed by atoms with Gasteiger partial charge >= 0.3 is 0 Å². The van der Waals surface area contributed by atoms with Crippen LogP contribution in [0, 0.1) is 0 Å². The fourth-order valence-electron chi connectivity index (χ4n) is 1.24. The van der Waals surface area contributed by atoms with Gasteiger partial charge in [-0.05, 0) is 40.2 Å². The van der Waals surface area contributed by atoms with Crippen LogP contribution in [0.3, 0.4) is 0 Å². The van der Waals surface area contributed by atoms with Crippen molar-refractivity contribution in [1.29, 1.82) is 0 Å². The molecule has 0 radical (unpaired) electrons. The molecule has 0 bridgehead atoms. The Bertz CT molecular complexity index is 474. The lowest BCUT2D eigenvalue weighted by Gasteiger charge is -2.08. The molecule has 0 saturated carbocycles. The van der Waals surface area contributed by atoms with Crippen LogP contribution in [0.15, 0.2) is 45.7 Å². The Morgan fingerprint density at radius 1 is 1.19 bits per heavy atom. The molecule has 82 valence electrons. The van der Waals surface area contributed by atoms with Crippen LogP contribution in [-0.4, -0.2) is 9.97 Å². The lowest BCUT2D eigenvalue weighted by Crippen LogP contribution is -2.02. The molecule has 3 nitrogen and oxygen atoms in total. The van der Waals surface area contributed by atoms with E-state index in [1.807, 2.05) is 24.3 Å². The van der Waals surface area contributed by atoms with Gasteiger partial charge in [-0.1, -0.05) is 15.9 Å². The van der Waals surface area contributed by atoms with Crippen LogP contribution in [0.1, 0.15) is 5.69 Å². The Hall–Kier alpha value is -0.940. The highest BCUT2D eigenvalue weighted by molar-refractivity contribution is 9.11. The van der Waals surface area contributed by atoms with E-state index < -0.39 is 0 Å². The Morgan fingerprint density at radius 3 is 2.81 bits per heavy atom. The van der Waals surface area contributed by atoms with E-state index >= 15 is 0 Å². The first-order chi connectivity index (χ1) is 7.75. The van der Waals surface area contributed by atoms with Crippen molar-refractivity contribution < 1.29 is 0 Å². The highest BCUT2D eigenvalue weighted by Crippen LogP contribution is 2.26. The Balaban J connectivity index is 2.08. The predicted octanol–water partition coefficient (Wildman–Crippen LogP) is 3.61. The van der Waals surface area contributed by atoms with Crippen LogP contribution >= 0.6 is 31.9 Å². The molecule has 5 heteroatoms. The van der Waals surface area contributed by atoms with Gasteiger partial charge in [-0.25, -0.2) is 9.97 Å². The van der Waals surface area contributed by atoms with E-state index in [2.05, 4.69) is 47.1 Å². The first-order valence-corrected chi connectivity index (χ1v) is 6.28. The number of hydrogen-bond acceptors (Lipinski definition) is 3. The molecule has 0 spiro atoms. The van der Waals surface area contributed by atoms with E-state index in [9.17, 15) is 0 Å². The second-order valence-electron chi connectivity index (χ2n) is 3.18. The topological polar surface area (TPSA) is 37.8 Å². The first kappa shape index (κ1) is 11.5. The molecule has 0 saturated heterocycles. The molecule has 0 unspecified atom stereocenters. The number of nitrogens with zero attached hydrogens (tertiary/aromatic N) is 2. The minimum Gasteiger partial charge on any atom is -0.378 e. The number of nitrogens with one attached hydrogen (secondary N) is 1. The molecule has 0 fully saturated rings. The predicted molar refractivity (Wildman–Crippen MR) is 71.2 cm³/mol. The van der Waals surface area contributed by atoms with Gasteiger partial charge in [0.1, 0.15) is 6.33 Å². The summed E-state index contributed by atoms with van der Waals surface area (Å²) in [4.78, 5) is 8.02. The molecule has 0 aliphatic heterocycles. The van der Waals surface area contributed by atoms with Crippen molar-refractivity contribution in [3.05, 3.63) is 51.4 Å². The van der Waals surface area contributed by atoms with Crippen molar-refractivity contribution >= 4 is 37.5 Å². The molecule has 16 heavy (non-hydrogen) atoms. The molecule has 1 heterocycles. The van der Waals surface area contributed by atoms with Crippen molar-refractivity contribution in [1.82, 2.24) is 9.97 Å². The molecule has 0 atom stereocenters. The normalized spacial score (nSPS) is 10.1. The second kappa shape index (κ2) is 5.41. The lowest BCUT2D eigenvalue weighted by molar-refractivity contribution is 1.01. The summed E-state index contributed by atoms with van der Waals surface area (Å²) in [5, 5.41) is 3.30. The summed E-state index contributed by atoms with van der Waals surface area (Å²) in [6, 6.07) is 7.89. The van der Waals surface area contributed by atoms with Crippen LogP contribution in [-0.2, 0) is 6.54 Å². The number of hydrogen-bond donors (Lipinski definition) is 1. The SMILES string of the molecule is Brc1ccc(Br)c(NCc2ccncn2)c1. The highest BCUT2D eigenvalue weighted by atomic mass is 79.9. The summed E-state index contributed by atoms with van der Waals surface area (Å²) in [6.07, 6.45) is 3.28. The largest absolute Gasteiger partial charge is 0.378 e. The van der Waals surface area contributed by atoms with Gasteiger partial charge in [-0.15, -0.1) is 0 Å². The third kappa shape index (κ3) is 3.02. The van der Waals surface area contributed by atoms with Crippen molar-refractivity contribution in [2.24, 2.45) is 0 Å². The van der Waals surface area contributed by atoms with E-state index in [4.69, 9.17) is 0 Å². The first-order valence-electron chi connectivity index (χ1n) is 4.69. The molecular formula is C11H9Br2N3. The number of halogens is 2. The van der Waals surface area contributed by atoms with Crippen LogP contribution < -0.4 is 5.32 Å². The van der Waals surface area contributed by atoms with E-state index in [1.54, 1.807) is 12.5 Å². The van der Waals surface area contributed by atoms with E-state index in [0.29, 0.717) is 6.54 Å². The summed E-state index contributed by atoms with van der Waals surface area (Å²) in [5.41, 5.74) is 2.00. The average molecular weight is 343 g/mol. The molecular weight excluding hydrogens is 334 g/mol. The van der Waals surface area contributed by atoms with Gasteiger partial charge in [0.25, 0.3) is 0 Å². The van der Waals surface area contributed by atoms with E-state index in [-0.39, 0.29) is 0 Å². The lowest BCUT2D eigenvalue weighted by atomic mass is 10.3. The third-order valence-electron chi connectivity index (χ3n) is 2.03. The summed E-state index contributed by atoms with van der Waals surface area (Å²) >= 11 is 6.92. The molecule has 1 N–H and O–H groups in total. The molecule has 1 aromatic heterocycles. The number of anilines is 1. The van der Waals surface area contributed by atoms with Gasteiger partial charge in [0.2, 0.25) is 0 Å². The maximum atomic E-state index is 4.15. The number of rotatable bonds is 3. The molecule has 2 rings (SSSR count). The monoisotopic (exact) mass is 341 g/mol. The van der Waals surface area contributed by atoms with Gasteiger partial charge in [0.15, 0.2) is 0 Å². The number of aromatic nitrogens is 2. The zero-order chi connectivity index (χ0) is 11.4. The fraction of sp³-hybridized carbons (Fsp3) is 0.0909. The quantitative estimate of drug-likeness (QED) is 0.925. The average Bonchev–Trinajstić information content (AvgIpc) is 2.32. The molecule has 2 aromatic rings. The van der Waals surface area contributed by atoms with Crippen molar-refractivity contribution in [2.75, 3.05) is 5.32 Å². The van der Waals surface area contributed by atoms with Crippen molar-refractivity contribution in [3.8, 4) is 0 Å². The Labute approximate surface area is 111 Å². The Morgan fingerprint density at radius 2 is 2.06 bits per heavy atom. The van der Waals surface area contributed by atoms with Crippen LogP contribution in [0.25, 0.3) is 0 Å². The fourth-order valence-corrected chi connectivity index (χ4v) is 1.99. The highest BCUT2D eigenvalue weighted by Gasteiger charge is 2.00. The van der Waals surface area contributed by atoms with E-state index in [1.165, 1.54) is 0 Å². The number of benzene rings is 1. The second-order valence-corrected chi connectivity index (χ2v) is 4.95. The zero-order valence-electron chi connectivity index (χ0n) is 8.32. The van der Waals surface area contributed by atoms with Crippen molar-refractivity contribution in [2.45, 2.75) is 6.54 Å². The van der Waals surface area contributed by atoms with Gasteiger partial charge in [0, 0.05) is 20.8 Å². The summed E-state index contributed by atoms with van der Waals surface area (Å²) < 4.78 is 2.07. The van der Waals surface area contributed by atoms with Gasteiger partial charge < -0.3 is 5.32 Å². The van der Waals surface area contributed by atoms with Crippen LogP contribution in [0.5, 0.6) is 0 Å². The van der Waals surface area contributed by atoms with Crippen LogP contribution in [0.4, 0.5) is 5.69 Å². The van der Waals surface area contributed by atoms with Crippen molar-refractivity contribution in [3.63, 3.8) is 0 Å². The maximum Gasteiger partial charge on any atom is 0.115 e. The molecule has 0 aliphatic rings. The van der Waals surface area contributed by atoms with E-state index in [0.717, 1.165) is 20.3 Å². The Kier molecular flexibility index (Phi) is 3.90. The zero-order valence-corrected chi connectivity index (χ0v) is 11.5. The smallest absolute Gasteiger partial charge is 0.115 e. The van der Waals surface area contributed by atoms with Gasteiger partial charge in [-0.3, -0.25) is 0 Å². The van der Waals surface area contributed by atoms with Gasteiger partial charge in [-0.2, -0.15) is 0 Å². The minimum atomic E-state index is 0.678. The summed E-state index contributed by atoms with van der Waals surface area (Å²) in [7, 11) is 0. The minimum absolute atomic E-state index is 0.678. The van der Waals surface area contributed by atoms with Crippen LogP contribution in [0.2, 0.25) is 0 Å². The summed E-state index contributed by atoms with van der Waals surface area (Å²) in [5.74, 6) is 0. The molecule has 0 aliphatic carbocycles. The molecule has 0 amide bonds. The maximum absolute atomic E-state index is 4.15. The molecule has 1 aromatic carbocycles. The standard InChI is InChI=1S/C11H9Br2N3/c12-8-1-2-10(13)11(5-8)15-6-9-3-4-14-7-16-9/h1-5,7,15H,6H2. The summed E-state index contributed by atoms with van der Waals surface area (Å²) in [6.45, 7) is 0.678. The third-order valence-corrected chi connectivity index (χ3v) is 3.22. The van der Waals surface area contributed by atoms with Gasteiger partial charge in [0.05, 0.1) is 12.2 Å².